The molecular weight excluding hydrogens is 272 g/mol. The lowest BCUT2D eigenvalue weighted by Crippen LogP contribution is -2.52. The molecule has 0 aliphatic carbocycles. The first-order valence-electron chi connectivity index (χ1n) is 7.07. The van der Waals surface area contributed by atoms with Gasteiger partial charge in [0.15, 0.2) is 0 Å². The Morgan fingerprint density at radius 2 is 2.00 bits per heavy atom. The van der Waals surface area contributed by atoms with Crippen LogP contribution in [-0.2, 0) is 22.6 Å². The van der Waals surface area contributed by atoms with Gasteiger partial charge < -0.3 is 9.64 Å². The Labute approximate surface area is 121 Å². The molecule has 0 saturated carbocycles. The normalized spacial score (nSPS) is 23.7. The van der Waals surface area contributed by atoms with E-state index in [1.165, 1.54) is 0 Å². The number of rotatable bonds is 1. The SMILES string of the molecule is O=C1CCC(N2Cc3cc4c(cc3C2=O)CCO4)C(=O)N1. The summed E-state index contributed by atoms with van der Waals surface area (Å²) in [5, 5.41) is 2.30. The molecule has 1 saturated heterocycles. The molecule has 1 aromatic carbocycles. The Bertz CT molecular complexity index is 682. The van der Waals surface area contributed by atoms with E-state index in [0.29, 0.717) is 25.1 Å². The molecule has 108 valence electrons. The van der Waals surface area contributed by atoms with Crippen LogP contribution in [0.1, 0.15) is 34.3 Å². The molecule has 4 rings (SSSR count). The second-order valence-corrected chi connectivity index (χ2v) is 5.62. The van der Waals surface area contributed by atoms with Crippen LogP contribution in [0.4, 0.5) is 0 Å². The fourth-order valence-corrected chi connectivity index (χ4v) is 3.24. The number of fused-ring (bicyclic) bond motifs is 2. The molecule has 1 N–H and O–H groups in total. The summed E-state index contributed by atoms with van der Waals surface area (Å²) in [6.45, 7) is 1.06. The van der Waals surface area contributed by atoms with E-state index in [4.69, 9.17) is 4.74 Å². The highest BCUT2D eigenvalue weighted by Gasteiger charge is 2.39. The van der Waals surface area contributed by atoms with Gasteiger partial charge in [-0.25, -0.2) is 0 Å². The van der Waals surface area contributed by atoms with Crippen molar-refractivity contribution in [1.82, 2.24) is 10.2 Å². The maximum atomic E-state index is 12.5. The fourth-order valence-electron chi connectivity index (χ4n) is 3.24. The van der Waals surface area contributed by atoms with E-state index < -0.39 is 6.04 Å². The van der Waals surface area contributed by atoms with Crippen LogP contribution in [0.3, 0.4) is 0 Å². The van der Waals surface area contributed by atoms with Crippen LogP contribution in [0.5, 0.6) is 5.75 Å². The first kappa shape index (κ1) is 12.4. The maximum absolute atomic E-state index is 12.5. The Morgan fingerprint density at radius 1 is 1.14 bits per heavy atom. The highest BCUT2D eigenvalue weighted by atomic mass is 16.5. The molecule has 0 aromatic heterocycles. The van der Waals surface area contributed by atoms with E-state index in [-0.39, 0.29) is 24.1 Å². The van der Waals surface area contributed by atoms with Crippen LogP contribution in [0.25, 0.3) is 0 Å². The van der Waals surface area contributed by atoms with Gasteiger partial charge >= 0.3 is 0 Å². The third-order valence-electron chi connectivity index (χ3n) is 4.33. The van der Waals surface area contributed by atoms with E-state index in [1.807, 2.05) is 12.1 Å². The molecule has 21 heavy (non-hydrogen) atoms. The molecule has 3 amide bonds. The van der Waals surface area contributed by atoms with Crippen molar-refractivity contribution in [2.45, 2.75) is 31.8 Å². The second kappa shape index (κ2) is 4.31. The van der Waals surface area contributed by atoms with Crippen LogP contribution >= 0.6 is 0 Å². The van der Waals surface area contributed by atoms with Crippen molar-refractivity contribution < 1.29 is 19.1 Å². The Hall–Kier alpha value is -2.37. The van der Waals surface area contributed by atoms with Gasteiger partial charge in [0.25, 0.3) is 5.91 Å². The molecule has 1 unspecified atom stereocenters. The zero-order chi connectivity index (χ0) is 14.6. The van der Waals surface area contributed by atoms with Gasteiger partial charge in [-0.2, -0.15) is 0 Å². The summed E-state index contributed by atoms with van der Waals surface area (Å²) in [4.78, 5) is 37.3. The molecule has 1 aromatic rings. The van der Waals surface area contributed by atoms with Crippen molar-refractivity contribution in [1.29, 1.82) is 0 Å². The third kappa shape index (κ3) is 1.82. The van der Waals surface area contributed by atoms with Crippen molar-refractivity contribution >= 4 is 17.7 Å². The summed E-state index contributed by atoms with van der Waals surface area (Å²) in [6.07, 6.45) is 1.48. The van der Waals surface area contributed by atoms with Gasteiger partial charge in [-0.3, -0.25) is 19.7 Å². The predicted octanol–water partition coefficient (Wildman–Crippen LogP) is 0.383. The van der Waals surface area contributed by atoms with Gasteiger partial charge in [0.1, 0.15) is 11.8 Å². The van der Waals surface area contributed by atoms with Crippen molar-refractivity contribution in [2.24, 2.45) is 0 Å². The Morgan fingerprint density at radius 3 is 2.81 bits per heavy atom. The molecular formula is C15H14N2O4. The van der Waals surface area contributed by atoms with E-state index in [1.54, 1.807) is 4.90 Å². The van der Waals surface area contributed by atoms with Crippen LogP contribution < -0.4 is 10.1 Å². The number of hydrogen-bond donors (Lipinski definition) is 1. The maximum Gasteiger partial charge on any atom is 0.255 e. The van der Waals surface area contributed by atoms with E-state index in [9.17, 15) is 14.4 Å². The fraction of sp³-hybridized carbons (Fsp3) is 0.400. The van der Waals surface area contributed by atoms with Gasteiger partial charge in [0.2, 0.25) is 11.8 Å². The van der Waals surface area contributed by atoms with Gasteiger partial charge in [-0.1, -0.05) is 0 Å². The molecule has 3 aliphatic rings. The van der Waals surface area contributed by atoms with E-state index >= 15 is 0 Å². The van der Waals surface area contributed by atoms with Crippen LogP contribution in [-0.4, -0.2) is 35.3 Å². The van der Waals surface area contributed by atoms with Gasteiger partial charge in [-0.05, 0) is 29.7 Å². The topological polar surface area (TPSA) is 75.7 Å². The number of hydrogen-bond acceptors (Lipinski definition) is 4. The summed E-state index contributed by atoms with van der Waals surface area (Å²) in [7, 11) is 0. The zero-order valence-electron chi connectivity index (χ0n) is 11.3. The molecule has 6 nitrogen and oxygen atoms in total. The van der Waals surface area contributed by atoms with E-state index in [0.717, 1.165) is 23.3 Å². The minimum Gasteiger partial charge on any atom is -0.493 e. The van der Waals surface area contributed by atoms with Crippen LogP contribution in [0.2, 0.25) is 0 Å². The van der Waals surface area contributed by atoms with Gasteiger partial charge in [0, 0.05) is 24.9 Å². The van der Waals surface area contributed by atoms with Crippen LogP contribution in [0, 0.1) is 0 Å². The number of imide groups is 1. The second-order valence-electron chi connectivity index (χ2n) is 5.62. The lowest BCUT2D eigenvalue weighted by Gasteiger charge is -2.29. The summed E-state index contributed by atoms with van der Waals surface area (Å²) in [5.41, 5.74) is 2.60. The number of amides is 3. The number of benzene rings is 1. The first-order chi connectivity index (χ1) is 10.1. The summed E-state index contributed by atoms with van der Waals surface area (Å²) in [6, 6.07) is 3.23. The summed E-state index contributed by atoms with van der Waals surface area (Å²) in [5.74, 6) is 0.0601. The number of carbonyl (C=O) groups excluding carboxylic acids is 3. The zero-order valence-corrected chi connectivity index (χ0v) is 11.3. The average molecular weight is 286 g/mol. The third-order valence-corrected chi connectivity index (χ3v) is 4.33. The number of ether oxygens (including phenoxy) is 1. The lowest BCUT2D eigenvalue weighted by atomic mass is 10.0. The minimum absolute atomic E-state index is 0.130. The summed E-state index contributed by atoms with van der Waals surface area (Å²) < 4.78 is 5.52. The molecule has 0 radical (unpaired) electrons. The van der Waals surface area contributed by atoms with Crippen molar-refractivity contribution in [3.63, 3.8) is 0 Å². The number of nitrogens with one attached hydrogen (secondary N) is 1. The van der Waals surface area contributed by atoms with Crippen molar-refractivity contribution in [3.8, 4) is 5.75 Å². The standard InChI is InChI=1S/C15H14N2O4/c18-13-2-1-11(14(19)16-13)17-7-9-6-12-8(3-4-21-12)5-10(9)15(17)20/h5-6,11H,1-4,7H2,(H,16,18,19). The van der Waals surface area contributed by atoms with Crippen molar-refractivity contribution in [2.75, 3.05) is 6.61 Å². The number of nitrogens with zero attached hydrogens (tertiary/aromatic N) is 1. The largest absolute Gasteiger partial charge is 0.493 e. The molecule has 1 atom stereocenters. The Balaban J connectivity index is 1.64. The first-order valence-corrected chi connectivity index (χ1v) is 7.07. The molecule has 3 heterocycles. The molecule has 3 aliphatic heterocycles. The quantitative estimate of drug-likeness (QED) is 0.757. The molecule has 0 bridgehead atoms. The highest BCUT2D eigenvalue weighted by molar-refractivity contribution is 6.05. The minimum atomic E-state index is -0.557. The lowest BCUT2D eigenvalue weighted by molar-refractivity contribution is -0.136. The van der Waals surface area contributed by atoms with Crippen LogP contribution in [0.15, 0.2) is 12.1 Å². The van der Waals surface area contributed by atoms with Crippen molar-refractivity contribution in [3.05, 3.63) is 28.8 Å². The molecule has 6 heteroatoms. The van der Waals surface area contributed by atoms with Gasteiger partial charge in [0.05, 0.1) is 6.61 Å². The summed E-state index contributed by atoms with van der Waals surface area (Å²) >= 11 is 0. The average Bonchev–Trinajstić information content (AvgIpc) is 3.02. The highest BCUT2D eigenvalue weighted by Crippen LogP contribution is 2.34. The molecule has 0 spiro atoms. The van der Waals surface area contributed by atoms with Gasteiger partial charge in [-0.15, -0.1) is 0 Å². The van der Waals surface area contributed by atoms with E-state index in [2.05, 4.69) is 5.32 Å². The smallest absolute Gasteiger partial charge is 0.255 e. The predicted molar refractivity (Wildman–Crippen MR) is 71.7 cm³/mol. The monoisotopic (exact) mass is 286 g/mol. The molecule has 1 fully saturated rings. The Kier molecular flexibility index (Phi) is 2.54. The number of piperidine rings is 1. The number of carbonyl (C=O) groups is 3.